The standard InChI is InChI=1S/C19H21NO3/c1-3-21-19(22-4-2)14-23-18-11-9-17(10-12-18)16-7-5-15(13-20)6-8-16/h5-12,19H,3-4,14H2,1-2H3. The molecule has 4 nitrogen and oxygen atoms in total. The number of hydrogen-bond acceptors (Lipinski definition) is 4. The highest BCUT2D eigenvalue weighted by Crippen LogP contribution is 2.23. The Morgan fingerprint density at radius 2 is 1.39 bits per heavy atom. The van der Waals surface area contributed by atoms with E-state index in [-0.39, 0.29) is 6.29 Å². The lowest BCUT2D eigenvalue weighted by Crippen LogP contribution is -2.25. The monoisotopic (exact) mass is 311 g/mol. The Kier molecular flexibility index (Phi) is 6.61. The minimum absolute atomic E-state index is 0.344. The smallest absolute Gasteiger partial charge is 0.191 e. The first-order chi connectivity index (χ1) is 11.3. The third-order valence-electron chi connectivity index (χ3n) is 3.29. The molecule has 0 aromatic heterocycles. The zero-order valence-electron chi connectivity index (χ0n) is 13.5. The highest BCUT2D eigenvalue weighted by atomic mass is 16.7. The minimum atomic E-state index is -0.344. The van der Waals surface area contributed by atoms with E-state index >= 15 is 0 Å². The molecule has 4 heteroatoms. The Balaban J connectivity index is 1.97. The van der Waals surface area contributed by atoms with Gasteiger partial charge in [-0.1, -0.05) is 24.3 Å². The second-order valence-electron chi connectivity index (χ2n) is 4.86. The van der Waals surface area contributed by atoms with Crippen LogP contribution in [0.25, 0.3) is 11.1 Å². The van der Waals surface area contributed by atoms with Crippen LogP contribution in [0.1, 0.15) is 19.4 Å². The van der Waals surface area contributed by atoms with Crippen molar-refractivity contribution in [3.05, 3.63) is 54.1 Å². The molecule has 0 amide bonds. The highest BCUT2D eigenvalue weighted by Gasteiger charge is 2.09. The fraction of sp³-hybridized carbons (Fsp3) is 0.316. The zero-order valence-corrected chi connectivity index (χ0v) is 13.5. The molecular formula is C19H21NO3. The van der Waals surface area contributed by atoms with Crippen molar-refractivity contribution in [3.8, 4) is 22.9 Å². The van der Waals surface area contributed by atoms with Gasteiger partial charge in [0.1, 0.15) is 12.4 Å². The van der Waals surface area contributed by atoms with Crippen LogP contribution in [0.3, 0.4) is 0 Å². The van der Waals surface area contributed by atoms with E-state index in [9.17, 15) is 0 Å². The van der Waals surface area contributed by atoms with Crippen LogP contribution in [-0.4, -0.2) is 26.1 Å². The maximum absolute atomic E-state index is 8.83. The summed E-state index contributed by atoms with van der Waals surface area (Å²) in [7, 11) is 0. The van der Waals surface area contributed by atoms with Gasteiger partial charge in [0.15, 0.2) is 6.29 Å². The number of nitrogens with zero attached hydrogens (tertiary/aromatic N) is 1. The van der Waals surface area contributed by atoms with Gasteiger partial charge in [-0.15, -0.1) is 0 Å². The average molecular weight is 311 g/mol. The van der Waals surface area contributed by atoms with Crippen molar-refractivity contribution >= 4 is 0 Å². The van der Waals surface area contributed by atoms with Gasteiger partial charge in [0.05, 0.1) is 11.6 Å². The van der Waals surface area contributed by atoms with Crippen LogP contribution in [0.4, 0.5) is 0 Å². The molecular weight excluding hydrogens is 290 g/mol. The molecule has 0 aliphatic rings. The summed E-state index contributed by atoms with van der Waals surface area (Å²) in [6, 6.07) is 17.4. The van der Waals surface area contributed by atoms with Gasteiger partial charge in [-0.3, -0.25) is 0 Å². The van der Waals surface area contributed by atoms with E-state index in [4.69, 9.17) is 19.5 Å². The van der Waals surface area contributed by atoms with E-state index < -0.39 is 0 Å². The van der Waals surface area contributed by atoms with Gasteiger partial charge >= 0.3 is 0 Å². The largest absolute Gasteiger partial charge is 0.488 e. The van der Waals surface area contributed by atoms with Gasteiger partial charge in [-0.05, 0) is 49.2 Å². The maximum Gasteiger partial charge on any atom is 0.191 e. The summed E-state index contributed by atoms with van der Waals surface area (Å²) >= 11 is 0. The van der Waals surface area contributed by atoms with Crippen molar-refractivity contribution in [1.82, 2.24) is 0 Å². The molecule has 0 heterocycles. The highest BCUT2D eigenvalue weighted by molar-refractivity contribution is 5.64. The molecule has 0 saturated carbocycles. The number of hydrogen-bond donors (Lipinski definition) is 0. The SMILES string of the molecule is CCOC(COc1ccc(-c2ccc(C#N)cc2)cc1)OCC. The second-order valence-corrected chi connectivity index (χ2v) is 4.86. The number of rotatable bonds is 8. The lowest BCUT2D eigenvalue weighted by atomic mass is 10.0. The Hall–Kier alpha value is -2.35. The van der Waals surface area contributed by atoms with E-state index in [0.29, 0.717) is 25.4 Å². The normalized spacial score (nSPS) is 10.5. The predicted molar refractivity (Wildman–Crippen MR) is 89.1 cm³/mol. The lowest BCUT2D eigenvalue weighted by molar-refractivity contribution is -0.152. The molecule has 2 aromatic carbocycles. The van der Waals surface area contributed by atoms with Crippen molar-refractivity contribution < 1.29 is 14.2 Å². The van der Waals surface area contributed by atoms with Crippen LogP contribution < -0.4 is 4.74 Å². The van der Waals surface area contributed by atoms with Crippen LogP contribution in [0, 0.1) is 11.3 Å². The van der Waals surface area contributed by atoms with Gasteiger partial charge in [0.25, 0.3) is 0 Å². The Morgan fingerprint density at radius 1 is 0.870 bits per heavy atom. The number of nitriles is 1. The van der Waals surface area contributed by atoms with Crippen molar-refractivity contribution in [3.63, 3.8) is 0 Å². The molecule has 0 aliphatic heterocycles. The molecule has 0 saturated heterocycles. The van der Waals surface area contributed by atoms with Crippen LogP contribution >= 0.6 is 0 Å². The zero-order chi connectivity index (χ0) is 16.5. The predicted octanol–water partition coefficient (Wildman–Crippen LogP) is 4.00. The second kappa shape index (κ2) is 8.94. The minimum Gasteiger partial charge on any atom is -0.488 e. The molecule has 2 aromatic rings. The van der Waals surface area contributed by atoms with Gasteiger partial charge in [-0.25, -0.2) is 0 Å². The molecule has 0 spiro atoms. The lowest BCUT2D eigenvalue weighted by Gasteiger charge is -2.17. The fourth-order valence-corrected chi connectivity index (χ4v) is 2.16. The van der Waals surface area contributed by atoms with Crippen molar-refractivity contribution in [2.75, 3.05) is 19.8 Å². The fourth-order valence-electron chi connectivity index (χ4n) is 2.16. The first kappa shape index (κ1) is 17.0. The molecule has 0 atom stereocenters. The molecule has 0 N–H and O–H groups in total. The molecule has 0 bridgehead atoms. The number of ether oxygens (including phenoxy) is 3. The molecule has 2 rings (SSSR count). The Labute approximate surface area is 137 Å². The van der Waals surface area contributed by atoms with Crippen molar-refractivity contribution in [1.29, 1.82) is 5.26 Å². The third kappa shape index (κ3) is 5.10. The summed E-state index contributed by atoms with van der Waals surface area (Å²) in [6.07, 6.45) is -0.344. The van der Waals surface area contributed by atoms with Crippen LogP contribution in [-0.2, 0) is 9.47 Å². The van der Waals surface area contributed by atoms with Gasteiger partial charge in [0, 0.05) is 13.2 Å². The molecule has 23 heavy (non-hydrogen) atoms. The summed E-state index contributed by atoms with van der Waals surface area (Å²) in [5, 5.41) is 8.83. The van der Waals surface area contributed by atoms with E-state index in [1.54, 1.807) is 0 Å². The van der Waals surface area contributed by atoms with E-state index in [2.05, 4.69) is 6.07 Å². The van der Waals surface area contributed by atoms with Crippen LogP contribution in [0.15, 0.2) is 48.5 Å². The van der Waals surface area contributed by atoms with Crippen LogP contribution in [0.2, 0.25) is 0 Å². The maximum atomic E-state index is 8.83. The molecule has 0 unspecified atom stereocenters. The first-order valence-corrected chi connectivity index (χ1v) is 7.73. The molecule has 0 aliphatic carbocycles. The van der Waals surface area contributed by atoms with Gasteiger partial charge in [0.2, 0.25) is 0 Å². The average Bonchev–Trinajstić information content (AvgIpc) is 2.61. The third-order valence-corrected chi connectivity index (χ3v) is 3.29. The van der Waals surface area contributed by atoms with E-state index in [0.717, 1.165) is 16.9 Å². The topological polar surface area (TPSA) is 51.5 Å². The van der Waals surface area contributed by atoms with Crippen molar-refractivity contribution in [2.24, 2.45) is 0 Å². The summed E-state index contributed by atoms with van der Waals surface area (Å²) in [4.78, 5) is 0. The van der Waals surface area contributed by atoms with Crippen molar-refractivity contribution in [2.45, 2.75) is 20.1 Å². The number of benzene rings is 2. The summed E-state index contributed by atoms with van der Waals surface area (Å²) < 4.78 is 16.6. The quantitative estimate of drug-likeness (QED) is 0.691. The van der Waals surface area contributed by atoms with Gasteiger partial charge < -0.3 is 14.2 Å². The van der Waals surface area contributed by atoms with Gasteiger partial charge in [-0.2, -0.15) is 5.26 Å². The molecule has 0 fully saturated rings. The first-order valence-electron chi connectivity index (χ1n) is 7.73. The Morgan fingerprint density at radius 3 is 1.87 bits per heavy atom. The molecule has 120 valence electrons. The van der Waals surface area contributed by atoms with E-state index in [1.165, 1.54) is 0 Å². The van der Waals surface area contributed by atoms with E-state index in [1.807, 2.05) is 62.4 Å². The summed E-state index contributed by atoms with van der Waals surface area (Å²) in [5.41, 5.74) is 2.80. The summed E-state index contributed by atoms with van der Waals surface area (Å²) in [6.45, 7) is 5.39. The van der Waals surface area contributed by atoms with Crippen LogP contribution in [0.5, 0.6) is 5.75 Å². The molecule has 0 radical (unpaired) electrons. The summed E-state index contributed by atoms with van der Waals surface area (Å²) in [5.74, 6) is 0.770. The Bertz CT molecular complexity index is 623.